The van der Waals surface area contributed by atoms with Crippen LogP contribution in [0.5, 0.6) is 0 Å². The summed E-state index contributed by atoms with van der Waals surface area (Å²) in [5, 5.41) is 9.92. The van der Waals surface area contributed by atoms with Crippen LogP contribution in [0.4, 0.5) is 20.3 Å². The molecule has 0 bridgehead atoms. The van der Waals surface area contributed by atoms with E-state index < -0.39 is 11.5 Å². The molecule has 1 saturated heterocycles. The van der Waals surface area contributed by atoms with Crippen LogP contribution in [0.15, 0.2) is 36.4 Å². The van der Waals surface area contributed by atoms with E-state index >= 15 is 8.78 Å². The highest BCUT2D eigenvalue weighted by molar-refractivity contribution is 5.93. The van der Waals surface area contributed by atoms with Crippen LogP contribution in [-0.2, 0) is 5.67 Å². The van der Waals surface area contributed by atoms with Gasteiger partial charge >= 0.3 is 0 Å². The minimum atomic E-state index is -1.57. The van der Waals surface area contributed by atoms with Gasteiger partial charge in [0.25, 0.3) is 0 Å². The van der Waals surface area contributed by atoms with Gasteiger partial charge in [-0.15, -0.1) is 0 Å². The van der Waals surface area contributed by atoms with Crippen molar-refractivity contribution < 1.29 is 13.9 Å². The number of rotatable bonds is 6. The minimum absolute atomic E-state index is 0.0325. The number of hydrogen-bond acceptors (Lipinski definition) is 5. The Hall–Kier alpha value is -2.80. The first-order valence-corrected chi connectivity index (χ1v) is 12.2. The van der Waals surface area contributed by atoms with Crippen molar-refractivity contribution in [2.75, 3.05) is 43.1 Å². The van der Waals surface area contributed by atoms with E-state index in [9.17, 15) is 5.11 Å². The molecule has 2 aliphatic rings. The quantitative estimate of drug-likeness (QED) is 0.539. The van der Waals surface area contributed by atoms with Crippen molar-refractivity contribution in [2.45, 2.75) is 50.6 Å². The molecule has 1 N–H and O–H groups in total. The number of fused-ring (bicyclic) bond motifs is 1. The third-order valence-corrected chi connectivity index (χ3v) is 7.56. The van der Waals surface area contributed by atoms with Crippen molar-refractivity contribution >= 4 is 22.4 Å². The maximum absolute atomic E-state index is 15.4. The third-order valence-electron chi connectivity index (χ3n) is 7.56. The van der Waals surface area contributed by atoms with Crippen LogP contribution < -0.4 is 9.80 Å². The topological polar surface area (TPSA) is 52.5 Å². The largest absolute Gasteiger partial charge is 0.395 e. The van der Waals surface area contributed by atoms with Gasteiger partial charge in [-0.1, -0.05) is 24.3 Å². The third kappa shape index (κ3) is 4.11. The number of halogens is 2. The molecule has 2 fully saturated rings. The zero-order valence-corrected chi connectivity index (χ0v) is 19.9. The number of nitrogens with zero attached hydrogens (tertiary/aromatic N) is 4. The van der Waals surface area contributed by atoms with Gasteiger partial charge in [0.2, 0.25) is 0 Å². The van der Waals surface area contributed by atoms with Crippen molar-refractivity contribution in [3.05, 3.63) is 59.2 Å². The molecule has 1 saturated carbocycles. The van der Waals surface area contributed by atoms with Crippen LogP contribution in [0.1, 0.15) is 55.0 Å². The van der Waals surface area contributed by atoms with E-state index in [0.29, 0.717) is 42.2 Å². The highest BCUT2D eigenvalue weighted by Gasteiger charge is 2.43. The molecule has 7 heteroatoms. The van der Waals surface area contributed by atoms with Gasteiger partial charge in [0, 0.05) is 37.8 Å². The summed E-state index contributed by atoms with van der Waals surface area (Å²) in [6.07, 6.45) is 3.47. The van der Waals surface area contributed by atoms with E-state index in [1.54, 1.807) is 4.90 Å². The summed E-state index contributed by atoms with van der Waals surface area (Å²) in [6, 6.07) is 11.8. The fourth-order valence-electron chi connectivity index (χ4n) is 5.26. The van der Waals surface area contributed by atoms with Gasteiger partial charge in [0.05, 0.1) is 6.61 Å². The molecule has 34 heavy (non-hydrogen) atoms. The van der Waals surface area contributed by atoms with Gasteiger partial charge < -0.3 is 14.9 Å². The maximum atomic E-state index is 15.4. The van der Waals surface area contributed by atoms with Gasteiger partial charge in [0.15, 0.2) is 17.3 Å². The minimum Gasteiger partial charge on any atom is -0.395 e. The van der Waals surface area contributed by atoms with Crippen molar-refractivity contribution in [1.82, 2.24) is 9.97 Å². The van der Waals surface area contributed by atoms with Gasteiger partial charge in [0.1, 0.15) is 11.3 Å². The van der Waals surface area contributed by atoms with Crippen LogP contribution in [-0.4, -0.2) is 48.4 Å². The number of likely N-dealkylation sites (N-methyl/N-ethyl adjacent to an activating group) is 1. The summed E-state index contributed by atoms with van der Waals surface area (Å²) >= 11 is 0. The summed E-state index contributed by atoms with van der Waals surface area (Å²) in [7, 11) is 1.81. The Bertz CT molecular complexity index is 1190. The van der Waals surface area contributed by atoms with Gasteiger partial charge in [-0.25, -0.2) is 18.7 Å². The second-order valence-corrected chi connectivity index (χ2v) is 9.78. The Labute approximate surface area is 199 Å². The predicted octanol–water partition coefficient (Wildman–Crippen LogP) is 5.24. The SMILES string of the molecule is Cc1ccccc1C1CCN(c2nc(C3(F)CCC3)nc3c(F)cc(N(C)CCO)cc23)CC1. The lowest BCUT2D eigenvalue weighted by atomic mass is 9.81. The van der Waals surface area contributed by atoms with Gasteiger partial charge in [-0.05, 0) is 68.2 Å². The molecule has 2 heterocycles. The first-order valence-electron chi connectivity index (χ1n) is 12.2. The molecule has 5 nitrogen and oxygen atoms in total. The lowest BCUT2D eigenvalue weighted by Gasteiger charge is -2.36. The molecule has 180 valence electrons. The van der Waals surface area contributed by atoms with Crippen molar-refractivity contribution in [3.63, 3.8) is 0 Å². The number of benzene rings is 2. The smallest absolute Gasteiger partial charge is 0.170 e. The molecule has 0 unspecified atom stereocenters. The maximum Gasteiger partial charge on any atom is 0.170 e. The van der Waals surface area contributed by atoms with E-state index in [1.165, 1.54) is 17.2 Å². The average molecular weight is 467 g/mol. The van der Waals surface area contributed by atoms with Crippen LogP contribution in [0, 0.1) is 12.7 Å². The molecule has 0 atom stereocenters. The lowest BCUT2D eigenvalue weighted by Crippen LogP contribution is -2.36. The molecule has 0 amide bonds. The standard InChI is InChI=1S/C27H32F2N4O/c1-18-6-3-4-7-21(18)19-8-12-33(13-9-19)25-22-16-20(32(2)14-15-34)17-23(28)24(22)30-26(31-25)27(29)10-5-11-27/h3-4,6-7,16-17,19,34H,5,8-15H2,1-2H3. The summed E-state index contributed by atoms with van der Waals surface area (Å²) in [6.45, 7) is 4.03. The number of anilines is 2. The fraction of sp³-hybridized carbons (Fsp3) is 0.481. The summed E-state index contributed by atoms with van der Waals surface area (Å²) < 4.78 is 30.7. The molecule has 0 radical (unpaired) electrons. The van der Waals surface area contributed by atoms with Crippen molar-refractivity contribution in [1.29, 1.82) is 0 Å². The number of alkyl halides is 1. The molecule has 1 aromatic heterocycles. The monoisotopic (exact) mass is 466 g/mol. The molecule has 1 aliphatic heterocycles. The average Bonchev–Trinajstić information content (AvgIpc) is 2.82. The predicted molar refractivity (Wildman–Crippen MR) is 132 cm³/mol. The number of aromatic nitrogens is 2. The number of piperidine rings is 1. The molecule has 1 aliphatic carbocycles. The van der Waals surface area contributed by atoms with Gasteiger partial charge in [-0.2, -0.15) is 0 Å². The molecule has 3 aromatic rings. The zero-order chi connectivity index (χ0) is 23.9. The molecular formula is C27H32F2N4O. The molecular weight excluding hydrogens is 434 g/mol. The van der Waals surface area contributed by atoms with Crippen LogP contribution in [0.2, 0.25) is 0 Å². The molecule has 2 aromatic carbocycles. The fourth-order valence-corrected chi connectivity index (χ4v) is 5.26. The number of aliphatic hydroxyl groups excluding tert-OH is 1. The van der Waals surface area contributed by atoms with E-state index in [2.05, 4.69) is 41.1 Å². The van der Waals surface area contributed by atoms with E-state index in [-0.39, 0.29) is 17.9 Å². The van der Waals surface area contributed by atoms with Crippen molar-refractivity contribution in [3.8, 4) is 0 Å². The second kappa shape index (κ2) is 9.10. The van der Waals surface area contributed by atoms with Crippen molar-refractivity contribution in [2.24, 2.45) is 0 Å². The normalized spacial score (nSPS) is 18.2. The van der Waals surface area contributed by atoms with E-state index in [4.69, 9.17) is 4.98 Å². The Kier molecular flexibility index (Phi) is 6.15. The van der Waals surface area contributed by atoms with Crippen LogP contribution >= 0.6 is 0 Å². The van der Waals surface area contributed by atoms with E-state index in [0.717, 1.165) is 32.4 Å². The first-order chi connectivity index (χ1) is 16.4. The van der Waals surface area contributed by atoms with Crippen LogP contribution in [0.3, 0.4) is 0 Å². The Morgan fingerprint density at radius 3 is 2.53 bits per heavy atom. The Morgan fingerprint density at radius 1 is 1.15 bits per heavy atom. The van der Waals surface area contributed by atoms with Gasteiger partial charge in [-0.3, -0.25) is 0 Å². The summed E-state index contributed by atoms with van der Waals surface area (Å²) in [5.74, 6) is 0.704. The molecule has 5 rings (SSSR count). The number of hydrogen-bond donors (Lipinski definition) is 1. The first kappa shape index (κ1) is 23.0. The molecule has 0 spiro atoms. The highest BCUT2D eigenvalue weighted by Crippen LogP contribution is 2.45. The van der Waals surface area contributed by atoms with Crippen LogP contribution in [0.25, 0.3) is 10.9 Å². The Morgan fingerprint density at radius 2 is 1.88 bits per heavy atom. The lowest BCUT2D eigenvalue weighted by molar-refractivity contribution is 0.0511. The summed E-state index contributed by atoms with van der Waals surface area (Å²) in [5.41, 5.74) is 1.93. The number of aliphatic hydroxyl groups is 1. The van der Waals surface area contributed by atoms with E-state index in [1.807, 2.05) is 13.1 Å². The number of aryl methyl sites for hydroxylation is 1. The summed E-state index contributed by atoms with van der Waals surface area (Å²) in [4.78, 5) is 13.1. The second-order valence-electron chi connectivity index (χ2n) is 9.78. The highest BCUT2D eigenvalue weighted by atomic mass is 19.1. The zero-order valence-electron chi connectivity index (χ0n) is 19.9. The Balaban J connectivity index is 1.53.